The number of furan rings is 1. The van der Waals surface area contributed by atoms with E-state index < -0.39 is 0 Å². The van der Waals surface area contributed by atoms with Crippen molar-refractivity contribution in [3.63, 3.8) is 0 Å². The highest BCUT2D eigenvalue weighted by molar-refractivity contribution is 7.10. The van der Waals surface area contributed by atoms with Crippen LogP contribution < -0.4 is 5.32 Å². The number of rotatable bonds is 4. The average Bonchev–Trinajstić information content (AvgIpc) is 2.90. The molecule has 0 fully saturated rings. The lowest BCUT2D eigenvalue weighted by molar-refractivity contribution is 0.505. The van der Waals surface area contributed by atoms with E-state index in [-0.39, 0.29) is 6.04 Å². The van der Waals surface area contributed by atoms with Crippen molar-refractivity contribution in [2.24, 2.45) is 0 Å². The van der Waals surface area contributed by atoms with Crippen molar-refractivity contribution in [3.8, 4) is 0 Å². The molecule has 0 radical (unpaired) electrons. The van der Waals surface area contributed by atoms with Crippen LogP contribution in [-0.4, -0.2) is 7.05 Å². The molecule has 0 aromatic carbocycles. The van der Waals surface area contributed by atoms with Crippen LogP contribution in [-0.2, 0) is 6.42 Å². The van der Waals surface area contributed by atoms with E-state index in [9.17, 15) is 0 Å². The van der Waals surface area contributed by atoms with E-state index in [4.69, 9.17) is 4.42 Å². The second-order valence-corrected chi connectivity index (χ2v) is 4.93. The molecule has 0 aliphatic carbocycles. The van der Waals surface area contributed by atoms with Gasteiger partial charge in [-0.25, -0.2) is 0 Å². The van der Waals surface area contributed by atoms with Crippen molar-refractivity contribution in [2.75, 3.05) is 7.05 Å². The monoisotopic (exact) mass is 235 g/mol. The highest BCUT2D eigenvalue weighted by Crippen LogP contribution is 2.30. The van der Waals surface area contributed by atoms with E-state index in [1.165, 1.54) is 16.0 Å². The summed E-state index contributed by atoms with van der Waals surface area (Å²) in [6, 6.07) is 4.50. The Hall–Kier alpha value is -1.06. The first-order chi connectivity index (χ1) is 7.77. The summed E-state index contributed by atoms with van der Waals surface area (Å²) >= 11 is 1.79. The van der Waals surface area contributed by atoms with Gasteiger partial charge >= 0.3 is 0 Å². The molecule has 1 unspecified atom stereocenters. The molecule has 1 N–H and O–H groups in total. The molecule has 0 amide bonds. The van der Waals surface area contributed by atoms with Crippen LogP contribution in [0.5, 0.6) is 0 Å². The van der Waals surface area contributed by atoms with Gasteiger partial charge in [-0.3, -0.25) is 0 Å². The van der Waals surface area contributed by atoms with Crippen molar-refractivity contribution < 1.29 is 4.42 Å². The average molecular weight is 235 g/mol. The maximum Gasteiger partial charge on any atom is 0.108 e. The van der Waals surface area contributed by atoms with Crippen LogP contribution in [0, 0.1) is 6.92 Å². The number of hydrogen-bond acceptors (Lipinski definition) is 3. The van der Waals surface area contributed by atoms with Gasteiger partial charge in [-0.15, -0.1) is 11.3 Å². The standard InChI is InChI=1S/C13H17NOS/c1-4-12-11(5-7-15-12)13(14-3)10-6-8-16-9(10)2/h5-8,13-14H,4H2,1-3H3. The van der Waals surface area contributed by atoms with Gasteiger partial charge < -0.3 is 9.73 Å². The van der Waals surface area contributed by atoms with Gasteiger partial charge in [0.1, 0.15) is 5.76 Å². The Bertz CT molecular complexity index is 458. The lowest BCUT2D eigenvalue weighted by Gasteiger charge is -2.16. The first-order valence-electron chi connectivity index (χ1n) is 5.55. The molecule has 1 atom stereocenters. The Balaban J connectivity index is 2.40. The van der Waals surface area contributed by atoms with Crippen molar-refractivity contribution in [1.29, 1.82) is 0 Å². The van der Waals surface area contributed by atoms with E-state index in [1.807, 2.05) is 7.05 Å². The summed E-state index contributed by atoms with van der Waals surface area (Å²) < 4.78 is 5.50. The van der Waals surface area contributed by atoms with Crippen molar-refractivity contribution >= 4 is 11.3 Å². The van der Waals surface area contributed by atoms with Gasteiger partial charge in [-0.05, 0) is 37.0 Å². The lowest BCUT2D eigenvalue weighted by Crippen LogP contribution is -2.18. The number of nitrogens with one attached hydrogen (secondary N) is 1. The van der Waals surface area contributed by atoms with Gasteiger partial charge in [0.15, 0.2) is 0 Å². The zero-order chi connectivity index (χ0) is 11.5. The summed E-state index contributed by atoms with van der Waals surface area (Å²) in [6.07, 6.45) is 2.71. The zero-order valence-electron chi connectivity index (χ0n) is 9.91. The third-order valence-corrected chi connectivity index (χ3v) is 3.77. The normalized spacial score (nSPS) is 12.9. The zero-order valence-corrected chi connectivity index (χ0v) is 10.7. The van der Waals surface area contributed by atoms with Crippen LogP contribution in [0.4, 0.5) is 0 Å². The molecule has 2 nitrogen and oxygen atoms in total. The molecule has 2 aromatic heterocycles. The van der Waals surface area contributed by atoms with E-state index in [0.717, 1.165) is 12.2 Å². The van der Waals surface area contributed by atoms with Crippen LogP contribution >= 0.6 is 11.3 Å². The molecule has 0 saturated heterocycles. The number of hydrogen-bond donors (Lipinski definition) is 1. The van der Waals surface area contributed by atoms with E-state index in [0.29, 0.717) is 0 Å². The van der Waals surface area contributed by atoms with Crippen molar-refractivity contribution in [2.45, 2.75) is 26.3 Å². The van der Waals surface area contributed by atoms with Crippen LogP contribution in [0.3, 0.4) is 0 Å². The minimum absolute atomic E-state index is 0.250. The molecule has 2 rings (SSSR count). The molecule has 0 spiro atoms. The van der Waals surface area contributed by atoms with Gasteiger partial charge in [0.25, 0.3) is 0 Å². The molecule has 3 heteroatoms. The van der Waals surface area contributed by atoms with Crippen molar-refractivity contribution in [1.82, 2.24) is 5.32 Å². The molecule has 0 aliphatic rings. The minimum Gasteiger partial charge on any atom is -0.469 e. The van der Waals surface area contributed by atoms with Gasteiger partial charge in [0.05, 0.1) is 12.3 Å². The Kier molecular flexibility index (Phi) is 3.46. The second kappa shape index (κ2) is 4.85. The summed E-state index contributed by atoms with van der Waals surface area (Å²) in [5.74, 6) is 1.07. The molecular weight excluding hydrogens is 218 g/mol. The Morgan fingerprint density at radius 2 is 2.19 bits per heavy atom. The predicted octanol–water partition coefficient (Wildman–Crippen LogP) is 3.52. The summed E-state index contributed by atoms with van der Waals surface area (Å²) in [4.78, 5) is 1.36. The van der Waals surface area contributed by atoms with E-state index in [2.05, 4.69) is 36.7 Å². The topological polar surface area (TPSA) is 25.2 Å². The number of aryl methyl sites for hydroxylation is 2. The fourth-order valence-corrected chi connectivity index (χ4v) is 2.81. The smallest absolute Gasteiger partial charge is 0.108 e. The largest absolute Gasteiger partial charge is 0.469 e. The van der Waals surface area contributed by atoms with Crippen LogP contribution in [0.25, 0.3) is 0 Å². The summed E-state index contributed by atoms with van der Waals surface area (Å²) in [5.41, 5.74) is 2.61. The highest BCUT2D eigenvalue weighted by Gasteiger charge is 2.19. The molecule has 0 aliphatic heterocycles. The first kappa shape index (κ1) is 11.4. The minimum atomic E-state index is 0.250. The van der Waals surface area contributed by atoms with Gasteiger partial charge in [-0.2, -0.15) is 0 Å². The van der Waals surface area contributed by atoms with Crippen LogP contribution in [0.15, 0.2) is 28.2 Å². The second-order valence-electron chi connectivity index (χ2n) is 3.81. The van der Waals surface area contributed by atoms with Gasteiger partial charge in [0, 0.05) is 16.9 Å². The predicted molar refractivity (Wildman–Crippen MR) is 68.0 cm³/mol. The fourth-order valence-electron chi connectivity index (χ4n) is 2.07. The van der Waals surface area contributed by atoms with Crippen LogP contribution in [0.2, 0.25) is 0 Å². The lowest BCUT2D eigenvalue weighted by atomic mass is 9.99. The van der Waals surface area contributed by atoms with Crippen molar-refractivity contribution in [3.05, 3.63) is 45.5 Å². The quantitative estimate of drug-likeness (QED) is 0.877. The molecular formula is C13H17NOS. The fraction of sp³-hybridized carbons (Fsp3) is 0.385. The SMILES string of the molecule is CCc1occc1C(NC)c1ccsc1C. The molecule has 16 heavy (non-hydrogen) atoms. The molecule has 0 saturated carbocycles. The Labute approximate surface area is 100 Å². The van der Waals surface area contributed by atoms with E-state index in [1.54, 1.807) is 17.6 Å². The molecule has 0 bridgehead atoms. The maximum atomic E-state index is 5.50. The first-order valence-corrected chi connectivity index (χ1v) is 6.43. The highest BCUT2D eigenvalue weighted by atomic mass is 32.1. The Morgan fingerprint density at radius 3 is 2.75 bits per heavy atom. The summed E-state index contributed by atoms with van der Waals surface area (Å²) in [7, 11) is 1.99. The molecule has 2 heterocycles. The molecule has 2 aromatic rings. The third kappa shape index (κ3) is 1.93. The summed E-state index contributed by atoms with van der Waals surface area (Å²) in [6.45, 7) is 4.28. The van der Waals surface area contributed by atoms with Crippen LogP contribution in [0.1, 0.15) is 34.7 Å². The third-order valence-electron chi connectivity index (χ3n) is 2.91. The van der Waals surface area contributed by atoms with Gasteiger partial charge in [-0.1, -0.05) is 6.92 Å². The Morgan fingerprint density at radius 1 is 1.38 bits per heavy atom. The summed E-state index contributed by atoms with van der Waals surface area (Å²) in [5, 5.41) is 5.51. The van der Waals surface area contributed by atoms with E-state index >= 15 is 0 Å². The molecule has 86 valence electrons. The number of thiophene rings is 1. The van der Waals surface area contributed by atoms with Gasteiger partial charge in [0.2, 0.25) is 0 Å². The maximum absolute atomic E-state index is 5.50.